The van der Waals surface area contributed by atoms with E-state index in [-0.39, 0.29) is 55.0 Å². The molecule has 5 amide bonds. The van der Waals surface area contributed by atoms with Gasteiger partial charge < -0.3 is 16.0 Å². The molecule has 1 fully saturated rings. The van der Waals surface area contributed by atoms with Gasteiger partial charge in [-0.1, -0.05) is 27.2 Å². The first-order valence-corrected chi connectivity index (χ1v) is 10.9. The van der Waals surface area contributed by atoms with Gasteiger partial charge in [0, 0.05) is 31.3 Å². The van der Waals surface area contributed by atoms with E-state index < -0.39 is 11.9 Å². The second kappa shape index (κ2) is 13.0. The van der Waals surface area contributed by atoms with Crippen LogP contribution in [-0.4, -0.2) is 59.6 Å². The summed E-state index contributed by atoms with van der Waals surface area (Å²) >= 11 is 0. The number of carbonyl (C=O) groups excluding carboxylic acids is 5. The van der Waals surface area contributed by atoms with Crippen LogP contribution < -0.4 is 16.0 Å². The third-order valence-corrected chi connectivity index (χ3v) is 5.30. The number of rotatable bonds is 13. The second-order valence-electron chi connectivity index (χ2n) is 7.89. The van der Waals surface area contributed by atoms with Crippen molar-refractivity contribution in [3.63, 3.8) is 0 Å². The minimum Gasteiger partial charge on any atom is -0.352 e. The fourth-order valence-corrected chi connectivity index (χ4v) is 3.26. The molecule has 0 aromatic heterocycles. The number of likely N-dealkylation sites (tertiary alicyclic amines) is 1. The van der Waals surface area contributed by atoms with Crippen molar-refractivity contribution in [3.05, 3.63) is 0 Å². The van der Waals surface area contributed by atoms with Crippen LogP contribution in [0.2, 0.25) is 0 Å². The van der Waals surface area contributed by atoms with Crippen molar-refractivity contribution in [3.8, 4) is 0 Å². The van der Waals surface area contributed by atoms with Gasteiger partial charge in [0.05, 0.1) is 6.54 Å². The van der Waals surface area contributed by atoms with E-state index in [0.29, 0.717) is 25.8 Å². The maximum atomic E-state index is 12.0. The minimum atomic E-state index is -0.672. The molecule has 30 heavy (non-hydrogen) atoms. The highest BCUT2D eigenvalue weighted by Gasteiger charge is 2.34. The number of imide groups is 1. The highest BCUT2D eigenvalue weighted by molar-refractivity contribution is 6.03. The van der Waals surface area contributed by atoms with Gasteiger partial charge in [0.2, 0.25) is 29.5 Å². The van der Waals surface area contributed by atoms with Crippen molar-refractivity contribution in [2.75, 3.05) is 13.1 Å². The lowest BCUT2D eigenvalue weighted by Crippen LogP contribution is -2.50. The van der Waals surface area contributed by atoms with Crippen LogP contribution in [0.4, 0.5) is 0 Å². The molecule has 0 saturated carbocycles. The number of hydrogen-bond donors (Lipinski definition) is 3. The molecule has 2 atom stereocenters. The molecule has 0 aliphatic carbocycles. The van der Waals surface area contributed by atoms with Crippen LogP contribution in [0.3, 0.4) is 0 Å². The first-order chi connectivity index (χ1) is 14.2. The van der Waals surface area contributed by atoms with Gasteiger partial charge in [0.15, 0.2) is 0 Å². The molecular formula is C21H36N4O5. The summed E-state index contributed by atoms with van der Waals surface area (Å²) in [7, 11) is 0. The predicted molar refractivity (Wildman–Crippen MR) is 112 cm³/mol. The normalized spacial score (nSPS) is 17.2. The van der Waals surface area contributed by atoms with E-state index in [4.69, 9.17) is 0 Å². The Morgan fingerprint density at radius 2 is 1.70 bits per heavy atom. The third kappa shape index (κ3) is 8.51. The summed E-state index contributed by atoms with van der Waals surface area (Å²) in [4.78, 5) is 60.6. The van der Waals surface area contributed by atoms with Crippen LogP contribution in [0, 0.1) is 5.92 Å². The zero-order valence-electron chi connectivity index (χ0n) is 18.6. The first-order valence-electron chi connectivity index (χ1n) is 10.9. The smallest absolute Gasteiger partial charge is 0.242 e. The number of amides is 5. The van der Waals surface area contributed by atoms with E-state index in [1.807, 2.05) is 13.8 Å². The van der Waals surface area contributed by atoms with Gasteiger partial charge in [-0.3, -0.25) is 28.9 Å². The Morgan fingerprint density at radius 3 is 2.27 bits per heavy atom. The number of nitrogens with zero attached hydrogens (tertiary/aromatic N) is 1. The summed E-state index contributed by atoms with van der Waals surface area (Å²) in [6.45, 7) is 7.53. The lowest BCUT2D eigenvalue weighted by Gasteiger charge is -2.19. The average molecular weight is 425 g/mol. The van der Waals surface area contributed by atoms with Crippen LogP contribution in [0.1, 0.15) is 72.6 Å². The molecule has 1 rings (SSSR count). The van der Waals surface area contributed by atoms with E-state index in [1.54, 1.807) is 13.8 Å². The molecule has 170 valence electrons. The van der Waals surface area contributed by atoms with Crippen LogP contribution in [0.15, 0.2) is 0 Å². The molecular weight excluding hydrogens is 388 g/mol. The maximum Gasteiger partial charge on any atom is 0.242 e. The Bertz CT molecular complexity index is 633. The van der Waals surface area contributed by atoms with Gasteiger partial charge in [0.1, 0.15) is 6.04 Å². The van der Waals surface area contributed by atoms with Crippen LogP contribution in [-0.2, 0) is 24.0 Å². The predicted octanol–water partition coefficient (Wildman–Crippen LogP) is 0.868. The monoisotopic (exact) mass is 424 g/mol. The van der Waals surface area contributed by atoms with E-state index >= 15 is 0 Å². The molecule has 1 unspecified atom stereocenters. The number of carbonyl (C=O) groups is 5. The average Bonchev–Trinajstić information content (AvgIpc) is 2.95. The molecule has 0 spiro atoms. The van der Waals surface area contributed by atoms with Crippen LogP contribution in [0.25, 0.3) is 0 Å². The summed E-state index contributed by atoms with van der Waals surface area (Å²) in [5, 5.41) is 7.98. The molecule has 0 aromatic carbocycles. The first kappa shape index (κ1) is 25.6. The van der Waals surface area contributed by atoms with Crippen molar-refractivity contribution in [1.29, 1.82) is 0 Å². The molecule has 0 aromatic rings. The van der Waals surface area contributed by atoms with Crippen molar-refractivity contribution in [2.45, 2.75) is 84.7 Å². The highest BCUT2D eigenvalue weighted by Crippen LogP contribution is 2.19. The zero-order chi connectivity index (χ0) is 22.7. The summed E-state index contributed by atoms with van der Waals surface area (Å²) in [6.07, 6.45) is 4.15. The van der Waals surface area contributed by atoms with E-state index in [9.17, 15) is 24.0 Å². The lowest BCUT2D eigenvalue weighted by atomic mass is 10.1. The largest absolute Gasteiger partial charge is 0.352 e. The molecule has 9 heteroatoms. The molecule has 1 heterocycles. The molecule has 3 N–H and O–H groups in total. The molecule has 0 bridgehead atoms. The summed E-state index contributed by atoms with van der Waals surface area (Å²) in [5.41, 5.74) is 0. The van der Waals surface area contributed by atoms with Crippen molar-refractivity contribution < 1.29 is 24.0 Å². The van der Waals surface area contributed by atoms with E-state index in [0.717, 1.165) is 12.8 Å². The fourth-order valence-electron chi connectivity index (χ4n) is 3.26. The lowest BCUT2D eigenvalue weighted by molar-refractivity contribution is -0.139. The van der Waals surface area contributed by atoms with E-state index in [2.05, 4.69) is 16.0 Å². The van der Waals surface area contributed by atoms with Crippen LogP contribution >= 0.6 is 0 Å². The highest BCUT2D eigenvalue weighted by atomic mass is 16.2. The molecule has 9 nitrogen and oxygen atoms in total. The quantitative estimate of drug-likeness (QED) is 0.299. The minimum absolute atomic E-state index is 0.0849. The second-order valence-corrected chi connectivity index (χ2v) is 7.89. The van der Waals surface area contributed by atoms with E-state index in [1.165, 1.54) is 4.90 Å². The molecule has 1 saturated heterocycles. The summed E-state index contributed by atoms with van der Waals surface area (Å²) < 4.78 is 0. The molecule has 0 radical (unpaired) electrons. The van der Waals surface area contributed by atoms with Gasteiger partial charge in [-0.25, -0.2) is 0 Å². The fraction of sp³-hybridized carbons (Fsp3) is 0.762. The molecule has 1 aliphatic rings. The Kier molecular flexibility index (Phi) is 11.1. The third-order valence-electron chi connectivity index (χ3n) is 5.30. The standard InChI is InChI=1S/C21H36N4O5/c1-5-16(6-2)24-20(29)15(4)23-18(27)13-22-17(26)10-8-7-9-11-25-19(28)12-14(3)21(25)30/h14-16H,5-13H2,1-4H3,(H,22,26)(H,23,27)(H,24,29)/t14?,15-/m0/s1. The number of unbranched alkanes of at least 4 members (excludes halogenated alkanes) is 2. The Hall–Kier alpha value is -2.45. The zero-order valence-corrected chi connectivity index (χ0v) is 18.6. The van der Waals surface area contributed by atoms with Gasteiger partial charge in [0.25, 0.3) is 0 Å². The van der Waals surface area contributed by atoms with Crippen molar-refractivity contribution >= 4 is 29.5 Å². The Balaban J connectivity index is 2.16. The van der Waals surface area contributed by atoms with Gasteiger partial charge in [-0.05, 0) is 32.6 Å². The van der Waals surface area contributed by atoms with Gasteiger partial charge in [-0.15, -0.1) is 0 Å². The topological polar surface area (TPSA) is 125 Å². The Labute approximate surface area is 178 Å². The Morgan fingerprint density at radius 1 is 1.03 bits per heavy atom. The van der Waals surface area contributed by atoms with Crippen LogP contribution in [0.5, 0.6) is 0 Å². The van der Waals surface area contributed by atoms with Gasteiger partial charge >= 0.3 is 0 Å². The number of hydrogen-bond acceptors (Lipinski definition) is 5. The number of nitrogens with one attached hydrogen (secondary N) is 3. The summed E-state index contributed by atoms with van der Waals surface area (Å²) in [5.74, 6) is -1.39. The maximum absolute atomic E-state index is 12.0. The van der Waals surface area contributed by atoms with Crippen molar-refractivity contribution in [1.82, 2.24) is 20.9 Å². The van der Waals surface area contributed by atoms with Crippen molar-refractivity contribution in [2.24, 2.45) is 5.92 Å². The SMILES string of the molecule is CCC(CC)NC(=O)[C@H](C)NC(=O)CNC(=O)CCCCCN1C(=O)CC(C)C1=O. The van der Waals surface area contributed by atoms with Gasteiger partial charge in [-0.2, -0.15) is 0 Å². The summed E-state index contributed by atoms with van der Waals surface area (Å²) in [6, 6.07) is -0.588. The molecule has 1 aliphatic heterocycles.